The van der Waals surface area contributed by atoms with Crippen LogP contribution in [0.3, 0.4) is 0 Å². The predicted molar refractivity (Wildman–Crippen MR) is 75.2 cm³/mol. The van der Waals surface area contributed by atoms with Crippen molar-refractivity contribution >= 4 is 93.1 Å². The first kappa shape index (κ1) is 19.2. The van der Waals surface area contributed by atoms with Crippen LogP contribution in [0.5, 0.6) is 0 Å². The Morgan fingerprint density at radius 1 is 1.00 bits per heavy atom. The smallest absolute Gasteiger partial charge is 0.353 e. The molecule has 0 aliphatic rings. The summed E-state index contributed by atoms with van der Waals surface area (Å²) in [6.45, 7) is 1.70. The number of hydrogen-bond acceptors (Lipinski definition) is 3. The largest absolute Gasteiger partial charge is 0.391 e. The Balaban J connectivity index is 5.04. The molecule has 0 aromatic rings. The van der Waals surface area contributed by atoms with Gasteiger partial charge in [-0.15, -0.1) is 0 Å². The van der Waals surface area contributed by atoms with Gasteiger partial charge in [-0.2, -0.15) is 0 Å². The predicted octanol–water partition coefficient (Wildman–Crippen LogP) is 4.57. The van der Waals surface area contributed by atoms with Crippen molar-refractivity contribution in [3.8, 4) is 0 Å². The number of carbonyl (C=O) groups is 2. The van der Waals surface area contributed by atoms with Gasteiger partial charge in [0.1, 0.15) is 0 Å². The van der Waals surface area contributed by atoms with E-state index in [9.17, 15) is 9.59 Å². The number of ether oxygens (including phenoxy) is 1. The van der Waals surface area contributed by atoms with Gasteiger partial charge < -0.3 is 4.74 Å². The van der Waals surface area contributed by atoms with Crippen LogP contribution in [0.1, 0.15) is 19.8 Å². The van der Waals surface area contributed by atoms with Crippen molar-refractivity contribution in [2.75, 3.05) is 0 Å². The van der Waals surface area contributed by atoms with E-state index >= 15 is 0 Å². The zero-order chi connectivity index (χ0) is 14.8. The summed E-state index contributed by atoms with van der Waals surface area (Å²) in [4.78, 5) is 22.7. The van der Waals surface area contributed by atoms with Crippen LogP contribution in [0.4, 0.5) is 0 Å². The van der Waals surface area contributed by atoms with E-state index in [0.717, 1.165) is 0 Å². The Hall–Kier alpha value is 1.17. The normalized spacial score (nSPS) is 13.3. The monoisotopic (exact) mass is 396 g/mol. The lowest BCUT2D eigenvalue weighted by atomic mass is 10.3. The molecule has 0 atom stereocenters. The van der Waals surface area contributed by atoms with E-state index in [4.69, 9.17) is 81.2 Å². The van der Waals surface area contributed by atoms with Gasteiger partial charge >= 0.3 is 11.9 Å². The van der Waals surface area contributed by atoms with Crippen LogP contribution >= 0.6 is 81.2 Å². The summed E-state index contributed by atoms with van der Waals surface area (Å²) in [5.74, 6) is -2.26. The van der Waals surface area contributed by atoms with Crippen molar-refractivity contribution < 1.29 is 14.3 Å². The number of carbonyl (C=O) groups excluding carboxylic acids is 2. The lowest BCUT2D eigenvalue weighted by Gasteiger charge is -2.35. The third-order valence-electron chi connectivity index (χ3n) is 1.67. The molecular weight excluding hydrogens is 392 g/mol. The molecule has 0 aromatic carbocycles. The topological polar surface area (TPSA) is 43.4 Å². The van der Waals surface area contributed by atoms with Crippen LogP contribution in [0, 0.1) is 0 Å². The molecule has 18 heavy (non-hydrogen) atoms. The zero-order valence-electron chi connectivity index (χ0n) is 8.78. The molecule has 0 bridgehead atoms. The number of halogens is 7. The lowest BCUT2D eigenvalue weighted by molar-refractivity contribution is -0.160. The number of esters is 2. The molecule has 0 aliphatic heterocycles. The molecule has 0 spiro atoms. The van der Waals surface area contributed by atoms with E-state index in [1.54, 1.807) is 6.92 Å². The highest BCUT2D eigenvalue weighted by Crippen LogP contribution is 2.56. The fourth-order valence-electron chi connectivity index (χ4n) is 0.729. The summed E-state index contributed by atoms with van der Waals surface area (Å²) >= 11 is 38.9. The van der Waals surface area contributed by atoms with Crippen LogP contribution in [0.15, 0.2) is 0 Å². The summed E-state index contributed by atoms with van der Waals surface area (Å²) in [5.41, 5.74) is 0. The van der Waals surface area contributed by atoms with Gasteiger partial charge in [-0.05, 0) is 6.42 Å². The molecule has 0 unspecified atom stereocenters. The molecule has 0 radical (unpaired) electrons. The molecule has 0 saturated carbocycles. The minimum atomic E-state index is -2.63. The molecule has 0 rings (SSSR count). The van der Waals surface area contributed by atoms with E-state index in [1.165, 1.54) is 0 Å². The summed E-state index contributed by atoms with van der Waals surface area (Å²) in [6.07, 6.45) is 0.446. The lowest BCUT2D eigenvalue weighted by Crippen LogP contribution is -2.52. The van der Waals surface area contributed by atoms with Gasteiger partial charge in [0.25, 0.3) is 4.33 Å². The van der Waals surface area contributed by atoms with Crippen LogP contribution in [-0.4, -0.2) is 24.4 Å². The molecule has 0 aliphatic carbocycles. The Morgan fingerprint density at radius 2 is 1.44 bits per heavy atom. The fraction of sp³-hybridized carbons (Fsp3) is 0.750. The average molecular weight is 399 g/mol. The van der Waals surface area contributed by atoms with Crippen molar-refractivity contribution in [1.29, 1.82) is 0 Å². The molecule has 0 N–H and O–H groups in total. The highest BCUT2D eigenvalue weighted by atomic mass is 35.6. The third-order valence-corrected chi connectivity index (χ3v) is 5.49. The van der Waals surface area contributed by atoms with Gasteiger partial charge in [0.05, 0.1) is 0 Å². The Kier molecular flexibility index (Phi) is 7.19. The third kappa shape index (κ3) is 4.34. The van der Waals surface area contributed by atoms with Crippen LogP contribution in [0.2, 0.25) is 0 Å². The second kappa shape index (κ2) is 6.75. The van der Waals surface area contributed by atoms with E-state index in [1.807, 2.05) is 0 Å². The van der Waals surface area contributed by atoms with Crippen molar-refractivity contribution in [3.05, 3.63) is 0 Å². The summed E-state index contributed by atoms with van der Waals surface area (Å²) in [5, 5.41) is 0. The molecule has 0 saturated heterocycles. The Bertz CT molecular complexity index is 334. The first-order valence-electron chi connectivity index (χ1n) is 4.45. The highest BCUT2D eigenvalue weighted by Gasteiger charge is 2.65. The summed E-state index contributed by atoms with van der Waals surface area (Å²) in [7, 11) is 0. The first-order chi connectivity index (χ1) is 7.88. The van der Waals surface area contributed by atoms with E-state index in [0.29, 0.717) is 6.42 Å². The molecule has 0 aromatic heterocycles. The molecule has 0 heterocycles. The highest BCUT2D eigenvalue weighted by molar-refractivity contribution is 6.80. The standard InChI is InChI=1S/C8H7Cl7O3/c1-2-3-4(16)18-5(17)6(9,10)7(11,12)8(13,14)15/h2-3H2,1H3. The van der Waals surface area contributed by atoms with Crippen molar-refractivity contribution in [2.24, 2.45) is 0 Å². The number of rotatable bonds is 4. The van der Waals surface area contributed by atoms with Gasteiger partial charge in [0.15, 0.2) is 0 Å². The van der Waals surface area contributed by atoms with Gasteiger partial charge in [-0.25, -0.2) is 4.79 Å². The van der Waals surface area contributed by atoms with Gasteiger partial charge in [0, 0.05) is 6.42 Å². The molecule has 3 nitrogen and oxygen atoms in total. The molecule has 106 valence electrons. The van der Waals surface area contributed by atoms with Crippen LogP contribution < -0.4 is 0 Å². The van der Waals surface area contributed by atoms with E-state index in [2.05, 4.69) is 4.74 Å². The van der Waals surface area contributed by atoms with Crippen LogP contribution in [-0.2, 0) is 14.3 Å². The van der Waals surface area contributed by atoms with Gasteiger partial charge in [-0.3, -0.25) is 4.79 Å². The maximum absolute atomic E-state index is 11.6. The van der Waals surface area contributed by atoms with Crippen molar-refractivity contribution in [2.45, 2.75) is 32.2 Å². The van der Waals surface area contributed by atoms with Crippen molar-refractivity contribution in [3.63, 3.8) is 0 Å². The van der Waals surface area contributed by atoms with Gasteiger partial charge in [0.2, 0.25) is 8.13 Å². The molecule has 0 fully saturated rings. The molecule has 0 amide bonds. The first-order valence-corrected chi connectivity index (χ1v) is 7.10. The fourth-order valence-corrected chi connectivity index (χ4v) is 1.96. The van der Waals surface area contributed by atoms with Gasteiger partial charge in [-0.1, -0.05) is 88.1 Å². The van der Waals surface area contributed by atoms with E-state index in [-0.39, 0.29) is 6.42 Å². The maximum atomic E-state index is 11.6. The van der Waals surface area contributed by atoms with E-state index < -0.39 is 24.4 Å². The SMILES string of the molecule is CCCC(=O)OC(=O)C(Cl)(Cl)C(Cl)(Cl)C(Cl)(Cl)Cl. The minimum absolute atomic E-state index is 0.0130. The Morgan fingerprint density at radius 3 is 1.78 bits per heavy atom. The second-order valence-electron chi connectivity index (χ2n) is 3.16. The number of hydrogen-bond donors (Lipinski definition) is 0. The molecular formula is C8H7Cl7O3. The number of alkyl halides is 7. The zero-order valence-corrected chi connectivity index (χ0v) is 14.1. The molecule has 10 heteroatoms. The second-order valence-corrected chi connectivity index (χ2v) is 8.09. The average Bonchev–Trinajstić information content (AvgIpc) is 2.15. The minimum Gasteiger partial charge on any atom is -0.391 e. The summed E-state index contributed by atoms with van der Waals surface area (Å²) in [6, 6.07) is 0. The summed E-state index contributed by atoms with van der Waals surface area (Å²) < 4.78 is -3.18. The Labute approximate surface area is 139 Å². The maximum Gasteiger partial charge on any atom is 0.353 e. The van der Waals surface area contributed by atoms with Crippen molar-refractivity contribution in [1.82, 2.24) is 0 Å². The van der Waals surface area contributed by atoms with Crippen LogP contribution in [0.25, 0.3) is 0 Å². The quantitative estimate of drug-likeness (QED) is 0.395.